The second-order valence-corrected chi connectivity index (χ2v) is 13.1. The van der Waals surface area contributed by atoms with Crippen molar-refractivity contribution in [2.75, 3.05) is 0 Å². The van der Waals surface area contributed by atoms with Crippen LogP contribution in [0.25, 0.3) is 22.4 Å². The lowest BCUT2D eigenvalue weighted by atomic mass is 9.90. The molecular formula is C50H47NO. The van der Waals surface area contributed by atoms with Gasteiger partial charge in [0.05, 0.1) is 5.70 Å². The normalized spacial score (nSPS) is 11.3. The number of carbonyl (C=O) groups is 1. The van der Waals surface area contributed by atoms with E-state index in [1.165, 1.54) is 22.3 Å². The van der Waals surface area contributed by atoms with Crippen molar-refractivity contribution in [2.24, 2.45) is 4.99 Å². The monoisotopic (exact) mass is 677 g/mol. The van der Waals surface area contributed by atoms with Crippen LogP contribution in [0.3, 0.4) is 0 Å². The zero-order chi connectivity index (χ0) is 36.9. The topological polar surface area (TPSA) is 29.4 Å². The molecule has 0 aliphatic heterocycles. The SMILES string of the molecule is C=C(Cc1cc(-c2ccccc2)ccc1Cc1cccc(C(=C)/C=C(\N=C(C)c2ccccc2)c2ccccc2)c1)C(C)=O.Cc1ccccc1C. The van der Waals surface area contributed by atoms with Crippen LogP contribution >= 0.6 is 0 Å². The van der Waals surface area contributed by atoms with Crippen LogP contribution < -0.4 is 0 Å². The predicted octanol–water partition coefficient (Wildman–Crippen LogP) is 12.5. The Bertz CT molecular complexity index is 2190. The van der Waals surface area contributed by atoms with E-state index in [1.807, 2.05) is 61.5 Å². The molecule has 0 aromatic heterocycles. The summed E-state index contributed by atoms with van der Waals surface area (Å²) in [5.74, 6) is 0.0190. The zero-order valence-corrected chi connectivity index (χ0v) is 30.8. The van der Waals surface area contributed by atoms with Crippen molar-refractivity contribution < 1.29 is 4.79 Å². The van der Waals surface area contributed by atoms with Gasteiger partial charge in [0.15, 0.2) is 5.78 Å². The van der Waals surface area contributed by atoms with Gasteiger partial charge in [-0.25, -0.2) is 0 Å². The van der Waals surface area contributed by atoms with Crippen molar-refractivity contribution in [3.05, 3.63) is 227 Å². The van der Waals surface area contributed by atoms with Crippen molar-refractivity contribution in [2.45, 2.75) is 40.5 Å². The summed E-state index contributed by atoms with van der Waals surface area (Å²) < 4.78 is 0. The van der Waals surface area contributed by atoms with Crippen LogP contribution in [0.1, 0.15) is 58.4 Å². The molecule has 0 heterocycles. The third kappa shape index (κ3) is 10.4. The minimum Gasteiger partial charge on any atom is -0.295 e. The van der Waals surface area contributed by atoms with Gasteiger partial charge in [0, 0.05) is 17.7 Å². The lowest BCUT2D eigenvalue weighted by molar-refractivity contribution is -0.113. The summed E-state index contributed by atoms with van der Waals surface area (Å²) in [6.07, 6.45) is 3.33. The summed E-state index contributed by atoms with van der Waals surface area (Å²) in [6, 6.07) is 54.2. The Morgan fingerprint density at radius 2 is 1.13 bits per heavy atom. The fraction of sp³-hybridized carbons (Fsp3) is 0.120. The zero-order valence-electron chi connectivity index (χ0n) is 30.8. The molecule has 0 fully saturated rings. The maximum Gasteiger partial charge on any atom is 0.155 e. The highest BCUT2D eigenvalue weighted by Crippen LogP contribution is 2.28. The average Bonchev–Trinajstić information content (AvgIpc) is 3.17. The highest BCUT2D eigenvalue weighted by atomic mass is 16.1. The van der Waals surface area contributed by atoms with E-state index in [1.54, 1.807) is 6.92 Å². The van der Waals surface area contributed by atoms with E-state index in [4.69, 9.17) is 4.99 Å². The Balaban J connectivity index is 0.000000577. The average molecular weight is 678 g/mol. The van der Waals surface area contributed by atoms with Crippen molar-refractivity contribution >= 4 is 22.8 Å². The van der Waals surface area contributed by atoms with Crippen molar-refractivity contribution in [3.63, 3.8) is 0 Å². The van der Waals surface area contributed by atoms with E-state index in [-0.39, 0.29) is 5.78 Å². The molecule has 0 N–H and O–H groups in total. The first kappa shape index (κ1) is 37.1. The Kier molecular flexibility index (Phi) is 13.0. The summed E-state index contributed by atoms with van der Waals surface area (Å²) in [7, 11) is 0. The third-order valence-corrected chi connectivity index (χ3v) is 9.19. The number of nitrogens with zero attached hydrogens (tertiary/aromatic N) is 1. The molecule has 2 nitrogen and oxygen atoms in total. The number of hydrogen-bond acceptors (Lipinski definition) is 2. The Hall–Kier alpha value is -6.12. The van der Waals surface area contributed by atoms with Crippen molar-refractivity contribution in [1.82, 2.24) is 0 Å². The molecule has 0 saturated carbocycles. The van der Waals surface area contributed by atoms with Gasteiger partial charge in [-0.15, -0.1) is 0 Å². The Morgan fingerprint density at radius 1 is 0.577 bits per heavy atom. The molecular weight excluding hydrogens is 631 g/mol. The highest BCUT2D eigenvalue weighted by Gasteiger charge is 2.12. The van der Waals surface area contributed by atoms with Gasteiger partial charge in [-0.1, -0.05) is 171 Å². The molecule has 0 aliphatic rings. The Morgan fingerprint density at radius 3 is 1.73 bits per heavy atom. The number of Topliss-reactive ketones (excluding diaryl/α,β-unsaturated/α-hetero) is 1. The maximum absolute atomic E-state index is 12.1. The standard InChI is InChI=1S/C42H37NO.C8H10/c1-30(33(4)44)25-41-29-40(36-18-10-6-11-19-36)24-23-39(41)28-34-15-14-22-38(27-34)31(2)26-42(37-20-12-7-13-21-37)43-32(3)35-16-8-5-9-17-35;1-7-5-3-4-6-8(7)2/h5-24,26-27,29H,1-2,25,28H2,3-4H3;3-6H,1-2H3/b42-26-,43-32?;. The molecule has 0 saturated heterocycles. The molecule has 6 rings (SSSR count). The largest absolute Gasteiger partial charge is 0.295 e. The molecule has 0 radical (unpaired) electrons. The molecule has 52 heavy (non-hydrogen) atoms. The lowest BCUT2D eigenvalue weighted by Gasteiger charge is -2.14. The summed E-state index contributed by atoms with van der Waals surface area (Å²) >= 11 is 0. The van der Waals surface area contributed by atoms with E-state index < -0.39 is 0 Å². The fourth-order valence-corrected chi connectivity index (χ4v) is 5.85. The lowest BCUT2D eigenvalue weighted by Crippen LogP contribution is -2.03. The number of rotatable bonds is 11. The van der Waals surface area contributed by atoms with Gasteiger partial charge in [-0.3, -0.25) is 9.79 Å². The summed E-state index contributed by atoms with van der Waals surface area (Å²) in [5, 5.41) is 0. The fourth-order valence-electron chi connectivity index (χ4n) is 5.85. The molecule has 6 aromatic carbocycles. The number of aliphatic imine (C=N–C) groups is 1. The number of aryl methyl sites for hydroxylation is 2. The second-order valence-electron chi connectivity index (χ2n) is 13.1. The molecule has 6 aromatic rings. The van der Waals surface area contributed by atoms with Gasteiger partial charge in [0.2, 0.25) is 0 Å². The smallest absolute Gasteiger partial charge is 0.155 e. The summed E-state index contributed by atoms with van der Waals surface area (Å²) in [5.41, 5.74) is 15.0. The van der Waals surface area contributed by atoms with Crippen LogP contribution in [-0.4, -0.2) is 11.5 Å². The van der Waals surface area contributed by atoms with Crippen LogP contribution in [-0.2, 0) is 17.6 Å². The van der Waals surface area contributed by atoms with Crippen molar-refractivity contribution in [1.29, 1.82) is 0 Å². The molecule has 2 heteroatoms. The van der Waals surface area contributed by atoms with Gasteiger partial charge in [0.25, 0.3) is 0 Å². The predicted molar refractivity (Wildman–Crippen MR) is 223 cm³/mol. The maximum atomic E-state index is 12.1. The van der Waals surface area contributed by atoms with E-state index >= 15 is 0 Å². The van der Waals surface area contributed by atoms with Crippen LogP contribution in [0.15, 0.2) is 188 Å². The summed E-state index contributed by atoms with van der Waals surface area (Å²) in [6.45, 7) is 16.4. The molecule has 0 unspecified atom stereocenters. The third-order valence-electron chi connectivity index (χ3n) is 9.19. The van der Waals surface area contributed by atoms with Gasteiger partial charge in [-0.05, 0) is 101 Å². The second kappa shape index (κ2) is 18.2. The van der Waals surface area contributed by atoms with E-state index in [2.05, 4.69) is 136 Å². The molecule has 0 aliphatic carbocycles. The number of allylic oxidation sites excluding steroid dienone is 3. The van der Waals surface area contributed by atoms with E-state index in [0.717, 1.165) is 56.8 Å². The number of benzene rings is 6. The van der Waals surface area contributed by atoms with Crippen LogP contribution in [0, 0.1) is 13.8 Å². The minimum absolute atomic E-state index is 0.0190. The highest BCUT2D eigenvalue weighted by molar-refractivity contribution is 6.02. The quantitative estimate of drug-likeness (QED) is 0.0762. The molecule has 0 spiro atoms. The number of ketones is 1. The van der Waals surface area contributed by atoms with Gasteiger partial charge >= 0.3 is 0 Å². The Labute approximate surface area is 310 Å². The molecule has 0 bridgehead atoms. The summed E-state index contributed by atoms with van der Waals surface area (Å²) in [4.78, 5) is 17.1. The first-order chi connectivity index (χ1) is 25.2. The van der Waals surface area contributed by atoms with E-state index in [0.29, 0.717) is 12.0 Å². The first-order valence-electron chi connectivity index (χ1n) is 17.7. The van der Waals surface area contributed by atoms with Gasteiger partial charge < -0.3 is 0 Å². The van der Waals surface area contributed by atoms with Crippen LogP contribution in [0.5, 0.6) is 0 Å². The number of carbonyl (C=O) groups excluding carboxylic acids is 1. The molecule has 258 valence electrons. The van der Waals surface area contributed by atoms with E-state index in [9.17, 15) is 4.79 Å². The molecule has 0 amide bonds. The van der Waals surface area contributed by atoms with Crippen LogP contribution in [0.2, 0.25) is 0 Å². The van der Waals surface area contributed by atoms with Crippen molar-refractivity contribution in [3.8, 4) is 11.1 Å². The van der Waals surface area contributed by atoms with Crippen LogP contribution in [0.4, 0.5) is 0 Å². The molecule has 0 atom stereocenters. The van der Waals surface area contributed by atoms with Gasteiger partial charge in [-0.2, -0.15) is 0 Å². The van der Waals surface area contributed by atoms with Gasteiger partial charge in [0.1, 0.15) is 0 Å². The minimum atomic E-state index is 0.0190. The number of hydrogen-bond donors (Lipinski definition) is 0. The first-order valence-corrected chi connectivity index (χ1v) is 17.7.